The smallest absolute Gasteiger partial charge is 0.200 e. The number of aromatic hydroxyl groups is 2. The first-order valence-corrected chi connectivity index (χ1v) is 9.79. The molecule has 0 saturated carbocycles. The molecule has 0 aliphatic carbocycles. The largest absolute Gasteiger partial charge is 0.502 e. The van der Waals surface area contributed by atoms with E-state index < -0.39 is 0 Å². The summed E-state index contributed by atoms with van der Waals surface area (Å²) in [5.41, 5.74) is 1.76. The maximum absolute atomic E-state index is 10.0. The molecule has 2 rings (SSSR count). The van der Waals surface area contributed by atoms with E-state index in [2.05, 4.69) is 26.2 Å². The zero-order valence-corrected chi connectivity index (χ0v) is 19.0. The molecule has 2 N–H and O–H groups in total. The van der Waals surface area contributed by atoms with E-state index in [1.807, 2.05) is 12.2 Å². The van der Waals surface area contributed by atoms with Crippen LogP contribution in [0.1, 0.15) is 11.1 Å². The summed E-state index contributed by atoms with van der Waals surface area (Å²) in [7, 11) is 10.3. The number of methoxy groups -OCH3 is 4. The van der Waals surface area contributed by atoms with Crippen LogP contribution < -0.4 is 18.9 Å². The fourth-order valence-corrected chi connectivity index (χ4v) is 3.04. The van der Waals surface area contributed by atoms with Crippen molar-refractivity contribution in [2.75, 3.05) is 55.6 Å². The summed E-state index contributed by atoms with van der Waals surface area (Å²) in [4.78, 5) is 0. The fraction of sp³-hybridized carbons (Fsp3) is 0.333. The molecule has 0 heterocycles. The van der Waals surface area contributed by atoms with Gasteiger partial charge in [0, 0.05) is 0 Å². The van der Waals surface area contributed by atoms with Crippen molar-refractivity contribution in [1.29, 1.82) is 0 Å². The number of hydrogen-bond donors (Lipinski definition) is 2. The van der Waals surface area contributed by atoms with Crippen molar-refractivity contribution in [1.82, 2.24) is 0 Å². The van der Waals surface area contributed by atoms with Gasteiger partial charge < -0.3 is 33.6 Å². The molecular weight excluding hydrogens is 398 g/mol. The summed E-state index contributed by atoms with van der Waals surface area (Å²) in [6.45, 7) is 1.58. The highest BCUT2D eigenvalue weighted by Gasteiger charge is 2.13. The molecular formula is C24H32NO6+. The predicted octanol–water partition coefficient (Wildman–Crippen LogP) is 3.94. The molecule has 0 radical (unpaired) electrons. The standard InChI is InChI=1S/C24H31NO6/c1-25(2,11-7-9-17-13-19(28-3)23(26)20(14-17)29-4)12-8-10-18-15-21(30-5)24(27)22(16-18)31-6/h7-10,13-16H,11-12H2,1-6H3,(H-,26,27)/p+1/b9-7+,10-8+. The van der Waals surface area contributed by atoms with Crippen LogP contribution in [-0.4, -0.2) is 70.3 Å². The Kier molecular flexibility index (Phi) is 8.22. The van der Waals surface area contributed by atoms with Crippen LogP contribution in [0, 0.1) is 0 Å². The maximum Gasteiger partial charge on any atom is 0.200 e. The molecule has 0 bridgehead atoms. The lowest BCUT2D eigenvalue weighted by Crippen LogP contribution is -2.39. The third-order valence-electron chi connectivity index (χ3n) is 4.82. The SMILES string of the molecule is COc1cc(/C=C/C[N+](C)(C)C/C=C/c2cc(OC)c(O)c(OC)c2)cc(OC)c1O. The quantitative estimate of drug-likeness (QED) is 0.556. The topological polar surface area (TPSA) is 77.4 Å². The number of hydrogen-bond acceptors (Lipinski definition) is 6. The lowest BCUT2D eigenvalue weighted by Gasteiger charge is -2.27. The fourth-order valence-electron chi connectivity index (χ4n) is 3.04. The van der Waals surface area contributed by atoms with Crippen LogP contribution in [0.5, 0.6) is 34.5 Å². The third-order valence-corrected chi connectivity index (χ3v) is 4.82. The molecule has 0 amide bonds. The van der Waals surface area contributed by atoms with E-state index >= 15 is 0 Å². The van der Waals surface area contributed by atoms with Crippen LogP contribution in [0.15, 0.2) is 36.4 Å². The number of quaternary nitrogens is 1. The minimum absolute atomic E-state index is 0.00844. The van der Waals surface area contributed by atoms with Crippen molar-refractivity contribution in [3.05, 3.63) is 47.5 Å². The van der Waals surface area contributed by atoms with Crippen molar-refractivity contribution in [2.24, 2.45) is 0 Å². The second-order valence-corrected chi connectivity index (χ2v) is 7.65. The second-order valence-electron chi connectivity index (χ2n) is 7.65. The van der Waals surface area contributed by atoms with E-state index in [0.29, 0.717) is 23.0 Å². The Morgan fingerprint density at radius 2 is 0.935 bits per heavy atom. The van der Waals surface area contributed by atoms with Crippen LogP contribution in [-0.2, 0) is 0 Å². The number of phenolic OH excluding ortho intramolecular Hbond substituents is 2. The zero-order chi connectivity index (χ0) is 23.0. The Hall–Kier alpha value is -3.32. The molecule has 0 unspecified atom stereocenters. The molecule has 168 valence electrons. The summed E-state index contributed by atoms with van der Waals surface area (Å²) in [5, 5.41) is 20.1. The zero-order valence-electron chi connectivity index (χ0n) is 19.0. The molecule has 0 aromatic heterocycles. The average molecular weight is 431 g/mol. The van der Waals surface area contributed by atoms with Gasteiger partial charge in [-0.25, -0.2) is 0 Å². The van der Waals surface area contributed by atoms with Crippen LogP contribution >= 0.6 is 0 Å². The van der Waals surface area contributed by atoms with Gasteiger partial charge in [-0.2, -0.15) is 0 Å². The van der Waals surface area contributed by atoms with Crippen molar-refractivity contribution < 1.29 is 33.6 Å². The summed E-state index contributed by atoms with van der Waals surface area (Å²) in [6, 6.07) is 7.05. The van der Waals surface area contributed by atoms with E-state index in [0.717, 1.165) is 28.7 Å². The Morgan fingerprint density at radius 1 is 0.645 bits per heavy atom. The number of phenols is 2. The van der Waals surface area contributed by atoms with Gasteiger partial charge in [0.2, 0.25) is 11.5 Å². The average Bonchev–Trinajstić information content (AvgIpc) is 2.75. The predicted molar refractivity (Wildman–Crippen MR) is 122 cm³/mol. The van der Waals surface area contributed by atoms with E-state index in [1.165, 1.54) is 28.4 Å². The lowest BCUT2D eigenvalue weighted by atomic mass is 10.1. The minimum atomic E-state index is -0.00844. The molecule has 2 aromatic rings. The van der Waals surface area contributed by atoms with Crippen LogP contribution in [0.25, 0.3) is 12.2 Å². The Balaban J connectivity index is 2.06. The lowest BCUT2D eigenvalue weighted by molar-refractivity contribution is -0.878. The van der Waals surface area contributed by atoms with Gasteiger partial charge in [0.25, 0.3) is 0 Å². The van der Waals surface area contributed by atoms with Crippen LogP contribution in [0.3, 0.4) is 0 Å². The first-order valence-electron chi connectivity index (χ1n) is 9.79. The number of likely N-dealkylation sites (N-methyl/N-ethyl adjacent to an activating group) is 1. The van der Waals surface area contributed by atoms with Gasteiger partial charge >= 0.3 is 0 Å². The minimum Gasteiger partial charge on any atom is -0.502 e. The van der Waals surface area contributed by atoms with Gasteiger partial charge in [-0.3, -0.25) is 0 Å². The molecule has 31 heavy (non-hydrogen) atoms. The number of benzene rings is 2. The molecule has 0 saturated heterocycles. The van der Waals surface area contributed by atoms with Gasteiger partial charge in [0.15, 0.2) is 23.0 Å². The maximum atomic E-state index is 10.0. The van der Waals surface area contributed by atoms with Gasteiger partial charge in [-0.15, -0.1) is 0 Å². The molecule has 0 atom stereocenters. The summed E-state index contributed by atoms with van der Waals surface area (Å²) in [5.74, 6) is 1.47. The second kappa shape index (κ2) is 10.6. The monoisotopic (exact) mass is 430 g/mol. The van der Waals surface area contributed by atoms with E-state index in [-0.39, 0.29) is 11.5 Å². The molecule has 7 heteroatoms. The van der Waals surface area contributed by atoms with Crippen molar-refractivity contribution in [3.8, 4) is 34.5 Å². The molecule has 7 nitrogen and oxygen atoms in total. The molecule has 2 aromatic carbocycles. The highest BCUT2D eigenvalue weighted by molar-refractivity contribution is 5.62. The third kappa shape index (κ3) is 6.33. The number of ether oxygens (including phenoxy) is 4. The summed E-state index contributed by atoms with van der Waals surface area (Å²) < 4.78 is 21.5. The summed E-state index contributed by atoms with van der Waals surface area (Å²) in [6.07, 6.45) is 8.10. The molecule has 0 fully saturated rings. The Morgan fingerprint density at radius 3 is 1.19 bits per heavy atom. The number of rotatable bonds is 10. The highest BCUT2D eigenvalue weighted by atomic mass is 16.5. The highest BCUT2D eigenvalue weighted by Crippen LogP contribution is 2.38. The molecule has 0 aliphatic rings. The van der Waals surface area contributed by atoms with Gasteiger partial charge in [0.1, 0.15) is 0 Å². The van der Waals surface area contributed by atoms with E-state index in [9.17, 15) is 10.2 Å². The van der Waals surface area contributed by atoms with E-state index in [4.69, 9.17) is 18.9 Å². The first kappa shape index (κ1) is 24.0. The Labute approximate surface area is 184 Å². The van der Waals surface area contributed by atoms with Crippen molar-refractivity contribution in [2.45, 2.75) is 0 Å². The Bertz CT molecular complexity index is 824. The summed E-state index contributed by atoms with van der Waals surface area (Å²) >= 11 is 0. The van der Waals surface area contributed by atoms with Crippen molar-refractivity contribution in [3.63, 3.8) is 0 Å². The van der Waals surface area contributed by atoms with Gasteiger partial charge in [-0.05, 0) is 47.5 Å². The normalized spacial score (nSPS) is 11.8. The number of nitrogens with zero attached hydrogens (tertiary/aromatic N) is 1. The van der Waals surface area contributed by atoms with E-state index in [1.54, 1.807) is 24.3 Å². The van der Waals surface area contributed by atoms with Crippen molar-refractivity contribution >= 4 is 12.2 Å². The van der Waals surface area contributed by atoms with Crippen LogP contribution in [0.4, 0.5) is 0 Å². The van der Waals surface area contributed by atoms with Gasteiger partial charge in [0.05, 0.1) is 55.6 Å². The van der Waals surface area contributed by atoms with Crippen LogP contribution in [0.2, 0.25) is 0 Å². The molecule has 0 aliphatic heterocycles. The first-order chi connectivity index (χ1) is 14.7. The molecule has 0 spiro atoms. The van der Waals surface area contributed by atoms with Gasteiger partial charge in [-0.1, -0.05) is 12.2 Å².